The minimum Gasteiger partial charge on any atom is -0.339 e. The summed E-state index contributed by atoms with van der Waals surface area (Å²) in [6.07, 6.45) is 3.33. The summed E-state index contributed by atoms with van der Waals surface area (Å²) in [6, 6.07) is 0. The molecule has 1 aromatic heterocycles. The Morgan fingerprint density at radius 1 is 1.69 bits per heavy atom. The van der Waals surface area contributed by atoms with Gasteiger partial charge in [0.05, 0.1) is 11.8 Å². The third kappa shape index (κ3) is 3.06. The van der Waals surface area contributed by atoms with Gasteiger partial charge in [-0.3, -0.25) is 9.48 Å². The highest BCUT2D eigenvalue weighted by Crippen LogP contribution is 2.06. The van der Waals surface area contributed by atoms with Crippen molar-refractivity contribution in [2.45, 2.75) is 13.8 Å². The molecule has 1 atom stereocenters. The van der Waals surface area contributed by atoms with Crippen molar-refractivity contribution in [3.63, 3.8) is 0 Å². The van der Waals surface area contributed by atoms with Gasteiger partial charge in [0.15, 0.2) is 0 Å². The maximum Gasteiger partial charge on any atom is 0.257 e. The molecular weight excluding hydrogens is 204 g/mol. The van der Waals surface area contributed by atoms with E-state index in [4.69, 9.17) is 5.73 Å². The molecule has 0 radical (unpaired) electrons. The predicted molar refractivity (Wildman–Crippen MR) is 63.0 cm³/mol. The molecule has 0 fully saturated rings. The van der Waals surface area contributed by atoms with Gasteiger partial charge in [0.2, 0.25) is 0 Å². The van der Waals surface area contributed by atoms with Crippen molar-refractivity contribution >= 4 is 5.91 Å². The topological polar surface area (TPSA) is 64.2 Å². The standard InChI is InChI=1S/C11H20N4O/c1-4-15(7-9(2)5-12)11(16)10-6-13-14(3)8-10/h6,8-9H,4-5,7,12H2,1-3H3. The second-order valence-corrected chi connectivity index (χ2v) is 4.09. The number of carbonyl (C=O) groups excluding carboxylic acids is 1. The normalized spacial score (nSPS) is 12.5. The Bertz CT molecular complexity index is 348. The van der Waals surface area contributed by atoms with Crippen LogP contribution in [0, 0.1) is 5.92 Å². The summed E-state index contributed by atoms with van der Waals surface area (Å²) in [6.45, 7) is 5.99. The van der Waals surface area contributed by atoms with Crippen molar-refractivity contribution in [1.82, 2.24) is 14.7 Å². The van der Waals surface area contributed by atoms with Crippen molar-refractivity contribution in [2.75, 3.05) is 19.6 Å². The van der Waals surface area contributed by atoms with Gasteiger partial charge in [0.25, 0.3) is 5.91 Å². The Morgan fingerprint density at radius 3 is 2.81 bits per heavy atom. The minimum absolute atomic E-state index is 0.0240. The van der Waals surface area contributed by atoms with Crippen LogP contribution >= 0.6 is 0 Å². The molecule has 0 saturated heterocycles. The first-order valence-electron chi connectivity index (χ1n) is 5.56. The monoisotopic (exact) mass is 224 g/mol. The maximum atomic E-state index is 12.1. The molecule has 0 spiro atoms. The first-order chi connectivity index (χ1) is 7.58. The molecule has 0 aliphatic heterocycles. The largest absolute Gasteiger partial charge is 0.339 e. The van der Waals surface area contributed by atoms with Gasteiger partial charge in [-0.25, -0.2) is 0 Å². The number of nitrogens with two attached hydrogens (primary N) is 1. The van der Waals surface area contributed by atoms with Gasteiger partial charge in [-0.05, 0) is 19.4 Å². The highest BCUT2D eigenvalue weighted by Gasteiger charge is 2.17. The quantitative estimate of drug-likeness (QED) is 0.791. The molecule has 0 bridgehead atoms. The summed E-state index contributed by atoms with van der Waals surface area (Å²) < 4.78 is 1.63. The highest BCUT2D eigenvalue weighted by atomic mass is 16.2. The fraction of sp³-hybridized carbons (Fsp3) is 0.636. The molecule has 5 heteroatoms. The Balaban J connectivity index is 2.69. The van der Waals surface area contributed by atoms with E-state index in [1.54, 1.807) is 29.0 Å². The summed E-state index contributed by atoms with van der Waals surface area (Å²) in [4.78, 5) is 13.9. The number of aromatic nitrogens is 2. The minimum atomic E-state index is 0.0240. The lowest BCUT2D eigenvalue weighted by Crippen LogP contribution is -2.36. The molecule has 0 aromatic carbocycles. The van der Waals surface area contributed by atoms with E-state index in [2.05, 4.69) is 5.10 Å². The molecule has 0 aliphatic rings. The molecule has 0 aliphatic carbocycles. The van der Waals surface area contributed by atoms with Crippen molar-refractivity contribution in [3.05, 3.63) is 18.0 Å². The van der Waals surface area contributed by atoms with E-state index in [0.29, 0.717) is 31.1 Å². The van der Waals surface area contributed by atoms with Crippen LogP contribution in [0.5, 0.6) is 0 Å². The lowest BCUT2D eigenvalue weighted by Gasteiger charge is -2.23. The van der Waals surface area contributed by atoms with Crippen LogP contribution in [-0.4, -0.2) is 40.2 Å². The van der Waals surface area contributed by atoms with Crippen molar-refractivity contribution in [2.24, 2.45) is 18.7 Å². The molecule has 1 unspecified atom stereocenters. The Morgan fingerprint density at radius 2 is 2.38 bits per heavy atom. The van der Waals surface area contributed by atoms with Crippen LogP contribution in [0.25, 0.3) is 0 Å². The number of aryl methyl sites for hydroxylation is 1. The Labute approximate surface area is 96.2 Å². The van der Waals surface area contributed by atoms with Crippen LogP contribution in [0.1, 0.15) is 24.2 Å². The van der Waals surface area contributed by atoms with Crippen LogP contribution in [0.4, 0.5) is 0 Å². The van der Waals surface area contributed by atoms with E-state index in [9.17, 15) is 4.79 Å². The number of hydrogen-bond donors (Lipinski definition) is 1. The molecule has 90 valence electrons. The fourth-order valence-electron chi connectivity index (χ4n) is 1.52. The van der Waals surface area contributed by atoms with Crippen LogP contribution < -0.4 is 5.73 Å². The van der Waals surface area contributed by atoms with Gasteiger partial charge >= 0.3 is 0 Å². The fourth-order valence-corrected chi connectivity index (χ4v) is 1.52. The molecule has 1 rings (SSSR count). The van der Waals surface area contributed by atoms with Gasteiger partial charge in [-0.15, -0.1) is 0 Å². The van der Waals surface area contributed by atoms with Crippen LogP contribution in [0.2, 0.25) is 0 Å². The second-order valence-electron chi connectivity index (χ2n) is 4.09. The van der Waals surface area contributed by atoms with Gasteiger partial charge in [-0.2, -0.15) is 5.10 Å². The number of hydrogen-bond acceptors (Lipinski definition) is 3. The SMILES string of the molecule is CCN(CC(C)CN)C(=O)c1cnn(C)c1. The molecule has 2 N–H and O–H groups in total. The zero-order valence-corrected chi connectivity index (χ0v) is 10.2. The Hall–Kier alpha value is -1.36. The zero-order chi connectivity index (χ0) is 12.1. The van der Waals surface area contributed by atoms with Gasteiger partial charge in [0.1, 0.15) is 0 Å². The average molecular weight is 224 g/mol. The lowest BCUT2D eigenvalue weighted by molar-refractivity contribution is 0.0743. The Kier molecular flexibility index (Phi) is 4.49. The second kappa shape index (κ2) is 5.65. The first kappa shape index (κ1) is 12.7. The maximum absolute atomic E-state index is 12.1. The number of amides is 1. The molecule has 1 amide bonds. The van der Waals surface area contributed by atoms with Gasteiger partial charge < -0.3 is 10.6 Å². The van der Waals surface area contributed by atoms with E-state index in [-0.39, 0.29) is 5.91 Å². The van der Waals surface area contributed by atoms with E-state index in [1.807, 2.05) is 13.8 Å². The van der Waals surface area contributed by atoms with Gasteiger partial charge in [-0.1, -0.05) is 6.92 Å². The van der Waals surface area contributed by atoms with E-state index in [1.165, 1.54) is 0 Å². The summed E-state index contributed by atoms with van der Waals surface area (Å²) in [7, 11) is 1.80. The average Bonchev–Trinajstić information content (AvgIpc) is 2.71. The number of carbonyl (C=O) groups is 1. The summed E-state index contributed by atoms with van der Waals surface area (Å²) in [5.41, 5.74) is 6.20. The van der Waals surface area contributed by atoms with Crippen molar-refractivity contribution in [1.29, 1.82) is 0 Å². The third-order valence-corrected chi connectivity index (χ3v) is 2.56. The molecule has 1 aromatic rings. The number of nitrogens with zero attached hydrogens (tertiary/aromatic N) is 3. The summed E-state index contributed by atoms with van der Waals surface area (Å²) in [5.74, 6) is 0.344. The molecular formula is C11H20N4O. The predicted octanol–water partition coefficient (Wildman–Crippen LogP) is 0.477. The molecule has 1 heterocycles. The molecule has 16 heavy (non-hydrogen) atoms. The summed E-state index contributed by atoms with van der Waals surface area (Å²) in [5, 5.41) is 4.00. The van der Waals surface area contributed by atoms with Crippen LogP contribution in [-0.2, 0) is 7.05 Å². The van der Waals surface area contributed by atoms with E-state index >= 15 is 0 Å². The highest BCUT2D eigenvalue weighted by molar-refractivity contribution is 5.93. The van der Waals surface area contributed by atoms with E-state index in [0.717, 1.165) is 0 Å². The first-order valence-corrected chi connectivity index (χ1v) is 5.56. The molecule has 5 nitrogen and oxygen atoms in total. The lowest BCUT2D eigenvalue weighted by atomic mass is 10.1. The van der Waals surface area contributed by atoms with Crippen LogP contribution in [0.15, 0.2) is 12.4 Å². The number of rotatable bonds is 5. The van der Waals surface area contributed by atoms with Crippen molar-refractivity contribution in [3.8, 4) is 0 Å². The van der Waals surface area contributed by atoms with Gasteiger partial charge in [0, 0.05) is 26.3 Å². The smallest absolute Gasteiger partial charge is 0.257 e. The third-order valence-electron chi connectivity index (χ3n) is 2.56. The zero-order valence-electron chi connectivity index (χ0n) is 10.2. The molecule has 0 saturated carbocycles. The van der Waals surface area contributed by atoms with Crippen molar-refractivity contribution < 1.29 is 4.79 Å². The summed E-state index contributed by atoms with van der Waals surface area (Å²) >= 11 is 0. The van der Waals surface area contributed by atoms with Crippen LogP contribution in [0.3, 0.4) is 0 Å². The van der Waals surface area contributed by atoms with E-state index < -0.39 is 0 Å².